The van der Waals surface area contributed by atoms with Crippen LogP contribution in [0.25, 0.3) is 6.08 Å². The Bertz CT molecular complexity index is 918. The van der Waals surface area contributed by atoms with Crippen LogP contribution in [0.3, 0.4) is 0 Å². The molecule has 2 amide bonds. The van der Waals surface area contributed by atoms with E-state index in [9.17, 15) is 9.59 Å². The third kappa shape index (κ3) is 5.20. The molecule has 166 valence electrons. The first-order valence-electron chi connectivity index (χ1n) is 10.1. The molecule has 0 bridgehead atoms. The van der Waals surface area contributed by atoms with E-state index in [4.69, 9.17) is 18.6 Å². The van der Waals surface area contributed by atoms with Crippen molar-refractivity contribution in [1.29, 1.82) is 0 Å². The lowest BCUT2D eigenvalue weighted by Gasteiger charge is -2.31. The number of nitrogens with one attached hydrogen (secondary N) is 1. The van der Waals surface area contributed by atoms with Gasteiger partial charge in [0.25, 0.3) is 11.8 Å². The zero-order chi connectivity index (χ0) is 22.4. The van der Waals surface area contributed by atoms with Crippen molar-refractivity contribution in [2.75, 3.05) is 34.4 Å². The van der Waals surface area contributed by atoms with Gasteiger partial charge < -0.3 is 28.8 Å². The fourth-order valence-corrected chi connectivity index (χ4v) is 3.48. The Morgan fingerprint density at radius 3 is 2.26 bits per heavy atom. The molecule has 1 aromatic heterocycles. The number of amides is 2. The van der Waals surface area contributed by atoms with Gasteiger partial charge in [0.1, 0.15) is 5.70 Å². The minimum absolute atomic E-state index is 0.121. The molecule has 0 saturated carbocycles. The summed E-state index contributed by atoms with van der Waals surface area (Å²) in [6.45, 7) is 3.46. The topological polar surface area (TPSA) is 90.2 Å². The Hall–Kier alpha value is -3.42. The lowest BCUT2D eigenvalue weighted by Crippen LogP contribution is -2.42. The first kappa shape index (κ1) is 22.3. The minimum Gasteiger partial charge on any atom is -0.493 e. The van der Waals surface area contributed by atoms with Gasteiger partial charge in [-0.05, 0) is 54.7 Å². The fourth-order valence-electron chi connectivity index (χ4n) is 3.48. The molecule has 0 atom stereocenters. The average molecular weight is 428 g/mol. The van der Waals surface area contributed by atoms with Gasteiger partial charge in [-0.25, -0.2) is 0 Å². The first-order valence-corrected chi connectivity index (χ1v) is 10.1. The Morgan fingerprint density at radius 1 is 1.10 bits per heavy atom. The standard InChI is InChI=1S/C23H28N2O6/c1-15-7-9-25(10-8-15)23(27)17(24-22(26)18-6-5-11-31-18)12-16-13-19(28-2)21(30-4)20(14-16)29-3/h5-6,11-15H,7-10H2,1-4H3,(H,24,26). The molecule has 0 spiro atoms. The Balaban J connectivity index is 1.97. The molecule has 2 heterocycles. The second-order valence-electron chi connectivity index (χ2n) is 7.42. The maximum Gasteiger partial charge on any atom is 0.291 e. The Kier molecular flexibility index (Phi) is 7.23. The third-order valence-corrected chi connectivity index (χ3v) is 5.29. The van der Waals surface area contributed by atoms with Crippen LogP contribution in [-0.2, 0) is 4.79 Å². The molecule has 2 aromatic rings. The zero-order valence-electron chi connectivity index (χ0n) is 18.3. The number of methoxy groups -OCH3 is 3. The van der Waals surface area contributed by atoms with Crippen molar-refractivity contribution in [1.82, 2.24) is 10.2 Å². The van der Waals surface area contributed by atoms with Crippen molar-refractivity contribution in [3.05, 3.63) is 47.5 Å². The van der Waals surface area contributed by atoms with Crippen LogP contribution >= 0.6 is 0 Å². The smallest absolute Gasteiger partial charge is 0.291 e. The van der Waals surface area contributed by atoms with E-state index in [1.165, 1.54) is 27.6 Å². The first-order chi connectivity index (χ1) is 15.0. The molecule has 8 heteroatoms. The SMILES string of the molecule is COc1cc(C=C(NC(=O)c2ccco2)C(=O)N2CCC(C)CC2)cc(OC)c1OC. The molecule has 1 aliphatic heterocycles. The molecular weight excluding hydrogens is 400 g/mol. The molecule has 1 aliphatic rings. The van der Waals surface area contributed by atoms with E-state index >= 15 is 0 Å². The van der Waals surface area contributed by atoms with Crippen molar-refractivity contribution in [3.63, 3.8) is 0 Å². The summed E-state index contributed by atoms with van der Waals surface area (Å²) in [5.41, 5.74) is 0.758. The molecule has 31 heavy (non-hydrogen) atoms. The second kappa shape index (κ2) is 10.1. The molecule has 1 N–H and O–H groups in total. The Labute approximate surface area is 181 Å². The lowest BCUT2D eigenvalue weighted by atomic mass is 9.99. The van der Waals surface area contributed by atoms with Gasteiger partial charge in [0.15, 0.2) is 17.3 Å². The number of benzene rings is 1. The molecule has 1 saturated heterocycles. The quantitative estimate of drug-likeness (QED) is 0.681. The average Bonchev–Trinajstić information content (AvgIpc) is 3.33. The highest BCUT2D eigenvalue weighted by Crippen LogP contribution is 2.38. The van der Waals surface area contributed by atoms with Gasteiger partial charge in [0, 0.05) is 13.1 Å². The number of carbonyl (C=O) groups excluding carboxylic acids is 2. The van der Waals surface area contributed by atoms with Crippen molar-refractivity contribution >= 4 is 17.9 Å². The summed E-state index contributed by atoms with van der Waals surface area (Å²) in [5, 5.41) is 2.70. The van der Waals surface area contributed by atoms with Crippen LogP contribution < -0.4 is 19.5 Å². The van der Waals surface area contributed by atoms with Crippen molar-refractivity contribution in [2.45, 2.75) is 19.8 Å². The molecule has 0 unspecified atom stereocenters. The normalized spacial score (nSPS) is 14.8. The molecule has 1 aromatic carbocycles. The number of piperidine rings is 1. The number of rotatable bonds is 7. The van der Waals surface area contributed by atoms with Crippen LogP contribution in [0.2, 0.25) is 0 Å². The zero-order valence-corrected chi connectivity index (χ0v) is 18.3. The summed E-state index contributed by atoms with van der Waals surface area (Å²) in [4.78, 5) is 27.6. The molecule has 1 fully saturated rings. The van der Waals surface area contributed by atoms with E-state index in [0.29, 0.717) is 41.8 Å². The fraction of sp³-hybridized carbons (Fsp3) is 0.391. The van der Waals surface area contributed by atoms with Crippen molar-refractivity contribution < 1.29 is 28.2 Å². The van der Waals surface area contributed by atoms with E-state index < -0.39 is 5.91 Å². The summed E-state index contributed by atoms with van der Waals surface area (Å²) in [5.74, 6) is 1.29. The number of hydrogen-bond donors (Lipinski definition) is 1. The monoisotopic (exact) mass is 428 g/mol. The predicted octanol–water partition coefficient (Wildman–Crippen LogP) is 3.33. The van der Waals surface area contributed by atoms with Crippen LogP contribution in [0.5, 0.6) is 17.2 Å². The number of nitrogens with zero attached hydrogens (tertiary/aromatic N) is 1. The summed E-state index contributed by atoms with van der Waals surface area (Å²) in [6, 6.07) is 6.59. The van der Waals surface area contributed by atoms with Crippen molar-refractivity contribution in [2.24, 2.45) is 5.92 Å². The van der Waals surface area contributed by atoms with Crippen LogP contribution in [0.4, 0.5) is 0 Å². The third-order valence-electron chi connectivity index (χ3n) is 5.29. The van der Waals surface area contributed by atoms with E-state index in [-0.39, 0.29) is 17.4 Å². The maximum absolute atomic E-state index is 13.3. The number of likely N-dealkylation sites (tertiary alicyclic amines) is 1. The van der Waals surface area contributed by atoms with Crippen LogP contribution in [-0.4, -0.2) is 51.1 Å². The minimum atomic E-state index is -0.498. The largest absolute Gasteiger partial charge is 0.493 e. The summed E-state index contributed by atoms with van der Waals surface area (Å²) < 4.78 is 21.3. The second-order valence-corrected chi connectivity index (χ2v) is 7.42. The van der Waals surface area contributed by atoms with Gasteiger partial charge in [0.2, 0.25) is 5.75 Å². The maximum atomic E-state index is 13.3. The molecule has 0 aliphatic carbocycles. The van der Waals surface area contributed by atoms with Crippen LogP contribution in [0.1, 0.15) is 35.9 Å². The van der Waals surface area contributed by atoms with Gasteiger partial charge in [-0.2, -0.15) is 0 Å². The highest BCUT2D eigenvalue weighted by molar-refractivity contribution is 6.04. The van der Waals surface area contributed by atoms with E-state index in [0.717, 1.165) is 12.8 Å². The van der Waals surface area contributed by atoms with E-state index in [1.807, 2.05) is 0 Å². The van der Waals surface area contributed by atoms with Gasteiger partial charge in [-0.3, -0.25) is 9.59 Å². The van der Waals surface area contributed by atoms with E-state index in [2.05, 4.69) is 12.2 Å². The number of ether oxygens (including phenoxy) is 3. The summed E-state index contributed by atoms with van der Waals surface area (Å²) in [6.07, 6.45) is 4.86. The van der Waals surface area contributed by atoms with Gasteiger partial charge in [0.05, 0.1) is 27.6 Å². The van der Waals surface area contributed by atoms with Crippen LogP contribution in [0, 0.1) is 5.92 Å². The Morgan fingerprint density at radius 2 is 1.74 bits per heavy atom. The molecular formula is C23H28N2O6. The highest BCUT2D eigenvalue weighted by atomic mass is 16.5. The van der Waals surface area contributed by atoms with Crippen molar-refractivity contribution in [3.8, 4) is 17.2 Å². The molecule has 0 radical (unpaired) electrons. The van der Waals surface area contributed by atoms with Gasteiger partial charge in [-0.15, -0.1) is 0 Å². The molecule has 3 rings (SSSR count). The lowest BCUT2D eigenvalue weighted by molar-refractivity contribution is -0.128. The highest BCUT2D eigenvalue weighted by Gasteiger charge is 2.25. The molecule has 8 nitrogen and oxygen atoms in total. The number of furan rings is 1. The summed E-state index contributed by atoms with van der Waals surface area (Å²) in [7, 11) is 4.56. The number of hydrogen-bond acceptors (Lipinski definition) is 6. The van der Waals surface area contributed by atoms with E-state index in [1.54, 1.807) is 35.2 Å². The number of carbonyl (C=O) groups is 2. The predicted molar refractivity (Wildman–Crippen MR) is 115 cm³/mol. The van der Waals surface area contributed by atoms with Gasteiger partial charge in [-0.1, -0.05) is 6.92 Å². The summed E-state index contributed by atoms with van der Waals surface area (Å²) >= 11 is 0. The van der Waals surface area contributed by atoms with Crippen LogP contribution in [0.15, 0.2) is 40.6 Å². The van der Waals surface area contributed by atoms with Gasteiger partial charge >= 0.3 is 0 Å².